The first kappa shape index (κ1) is 21.6. The van der Waals surface area contributed by atoms with Crippen molar-refractivity contribution in [3.8, 4) is 5.75 Å². The first-order valence-corrected chi connectivity index (χ1v) is 10.3. The number of barbiturate groups is 1. The highest BCUT2D eigenvalue weighted by Gasteiger charge is 2.36. The van der Waals surface area contributed by atoms with Gasteiger partial charge in [0.15, 0.2) is 0 Å². The smallest absolute Gasteiger partial charge is 0.335 e. The van der Waals surface area contributed by atoms with Crippen LogP contribution in [-0.2, 0) is 16.2 Å². The van der Waals surface area contributed by atoms with Gasteiger partial charge in [0.2, 0.25) is 0 Å². The van der Waals surface area contributed by atoms with E-state index in [1.807, 2.05) is 18.2 Å². The van der Waals surface area contributed by atoms with Crippen LogP contribution in [-0.4, -0.2) is 17.8 Å². The summed E-state index contributed by atoms with van der Waals surface area (Å²) in [7, 11) is 0. The number of urea groups is 1. The molecule has 1 aliphatic heterocycles. The summed E-state index contributed by atoms with van der Waals surface area (Å²) in [6, 6.07) is 19.7. The highest BCUT2D eigenvalue weighted by atomic mass is 35.5. The van der Waals surface area contributed by atoms with Crippen molar-refractivity contribution in [3.05, 3.63) is 99.5 Å². The van der Waals surface area contributed by atoms with Gasteiger partial charge >= 0.3 is 6.03 Å². The molecule has 3 aromatic carbocycles. The molecule has 0 atom stereocenters. The molecule has 0 saturated carbocycles. The molecule has 0 spiro atoms. The summed E-state index contributed by atoms with van der Waals surface area (Å²) in [4.78, 5) is 38.4. The van der Waals surface area contributed by atoms with E-state index < -0.39 is 17.8 Å². The molecular weight excluding hydrogens is 451 g/mol. The second-order valence-electron chi connectivity index (χ2n) is 6.93. The maximum Gasteiger partial charge on any atom is 0.335 e. The second-order valence-corrected chi connectivity index (χ2v) is 7.80. The zero-order valence-corrected chi connectivity index (χ0v) is 18.1. The SMILES string of the molecule is O=C1NC(=O)N(c2cccc(Cl)c2)C(=O)/C1=C/c1ccc(OCc2cccc(Cl)c2)cc1. The van der Waals surface area contributed by atoms with E-state index in [0.717, 1.165) is 10.5 Å². The minimum Gasteiger partial charge on any atom is -0.489 e. The molecule has 1 fully saturated rings. The van der Waals surface area contributed by atoms with Crippen LogP contribution in [0.4, 0.5) is 10.5 Å². The normalized spacial score (nSPS) is 15.1. The molecule has 8 heteroatoms. The Morgan fingerprint density at radius 2 is 1.56 bits per heavy atom. The fraction of sp³-hybridized carbons (Fsp3) is 0.0417. The van der Waals surface area contributed by atoms with Crippen LogP contribution in [0, 0.1) is 0 Å². The number of benzene rings is 3. The number of carbonyl (C=O) groups excluding carboxylic acids is 3. The van der Waals surface area contributed by atoms with Gasteiger partial charge in [-0.05, 0) is 59.7 Å². The molecule has 0 bridgehead atoms. The number of anilines is 1. The molecule has 4 amide bonds. The average molecular weight is 467 g/mol. The summed E-state index contributed by atoms with van der Waals surface area (Å²) in [6.07, 6.45) is 1.42. The van der Waals surface area contributed by atoms with Crippen LogP contribution >= 0.6 is 23.2 Å². The number of nitrogens with one attached hydrogen (secondary N) is 1. The van der Waals surface area contributed by atoms with Crippen LogP contribution in [0.15, 0.2) is 78.4 Å². The Balaban J connectivity index is 1.52. The summed E-state index contributed by atoms with van der Waals surface area (Å²) in [5.74, 6) is -0.885. The fourth-order valence-corrected chi connectivity index (χ4v) is 3.52. The van der Waals surface area contributed by atoms with E-state index in [1.54, 1.807) is 48.5 Å². The Hall–Kier alpha value is -3.61. The van der Waals surface area contributed by atoms with E-state index in [9.17, 15) is 14.4 Å². The van der Waals surface area contributed by atoms with Crippen LogP contribution in [0.3, 0.4) is 0 Å². The number of imide groups is 2. The highest BCUT2D eigenvalue weighted by Crippen LogP contribution is 2.25. The maximum absolute atomic E-state index is 12.9. The molecule has 1 saturated heterocycles. The standard InChI is InChI=1S/C24H16Cl2N2O4/c25-17-4-1-3-16(11-17)14-32-20-9-7-15(8-10-20)12-21-22(29)27-24(31)28(23(21)30)19-6-2-5-18(26)13-19/h1-13H,14H2,(H,27,29,31)/b21-12+. The van der Waals surface area contributed by atoms with E-state index in [4.69, 9.17) is 27.9 Å². The van der Waals surface area contributed by atoms with Crippen molar-refractivity contribution in [2.24, 2.45) is 0 Å². The first-order chi connectivity index (χ1) is 15.4. The van der Waals surface area contributed by atoms with E-state index in [2.05, 4.69) is 5.32 Å². The molecule has 1 aliphatic rings. The number of ether oxygens (including phenoxy) is 1. The number of rotatable bonds is 5. The third-order valence-corrected chi connectivity index (χ3v) is 5.12. The van der Waals surface area contributed by atoms with Crippen LogP contribution in [0.5, 0.6) is 5.75 Å². The molecule has 0 unspecified atom stereocenters. The minimum absolute atomic E-state index is 0.169. The van der Waals surface area contributed by atoms with Gasteiger partial charge in [0, 0.05) is 10.0 Å². The Labute approximate surface area is 194 Å². The molecule has 1 heterocycles. The lowest BCUT2D eigenvalue weighted by atomic mass is 10.1. The fourth-order valence-electron chi connectivity index (χ4n) is 3.13. The van der Waals surface area contributed by atoms with Crippen molar-refractivity contribution < 1.29 is 19.1 Å². The zero-order valence-electron chi connectivity index (χ0n) is 16.5. The van der Waals surface area contributed by atoms with Gasteiger partial charge in [-0.1, -0.05) is 53.5 Å². The van der Waals surface area contributed by atoms with Gasteiger partial charge in [0.05, 0.1) is 5.69 Å². The number of amides is 4. The quantitative estimate of drug-likeness (QED) is 0.412. The first-order valence-electron chi connectivity index (χ1n) is 9.55. The average Bonchev–Trinajstić information content (AvgIpc) is 2.76. The van der Waals surface area contributed by atoms with Gasteiger partial charge in [-0.2, -0.15) is 0 Å². The predicted octanol–water partition coefficient (Wildman–Crippen LogP) is 5.24. The van der Waals surface area contributed by atoms with Crippen molar-refractivity contribution in [1.29, 1.82) is 0 Å². The van der Waals surface area contributed by atoms with Gasteiger partial charge in [-0.15, -0.1) is 0 Å². The zero-order chi connectivity index (χ0) is 22.7. The van der Waals surface area contributed by atoms with E-state index in [-0.39, 0.29) is 11.3 Å². The molecule has 3 aromatic rings. The topological polar surface area (TPSA) is 75.7 Å². The van der Waals surface area contributed by atoms with Crippen molar-refractivity contribution in [2.75, 3.05) is 4.90 Å². The van der Waals surface area contributed by atoms with Crippen molar-refractivity contribution in [1.82, 2.24) is 5.32 Å². The lowest BCUT2D eigenvalue weighted by Gasteiger charge is -2.26. The number of nitrogens with zero attached hydrogens (tertiary/aromatic N) is 1. The van der Waals surface area contributed by atoms with Crippen LogP contribution in [0.2, 0.25) is 10.0 Å². The molecule has 0 radical (unpaired) electrons. The van der Waals surface area contributed by atoms with Crippen molar-refractivity contribution in [3.63, 3.8) is 0 Å². The molecule has 6 nitrogen and oxygen atoms in total. The van der Waals surface area contributed by atoms with Crippen LogP contribution in [0.1, 0.15) is 11.1 Å². The van der Waals surface area contributed by atoms with Gasteiger partial charge in [0.1, 0.15) is 17.9 Å². The van der Waals surface area contributed by atoms with E-state index >= 15 is 0 Å². The van der Waals surface area contributed by atoms with Crippen LogP contribution < -0.4 is 15.0 Å². The van der Waals surface area contributed by atoms with Crippen molar-refractivity contribution in [2.45, 2.75) is 6.61 Å². The summed E-state index contributed by atoms with van der Waals surface area (Å²) in [5.41, 5.74) is 1.62. The minimum atomic E-state index is -0.829. The van der Waals surface area contributed by atoms with Gasteiger partial charge < -0.3 is 4.74 Å². The number of hydrogen-bond donors (Lipinski definition) is 1. The molecule has 1 N–H and O–H groups in total. The van der Waals surface area contributed by atoms with Gasteiger partial charge in [-0.3, -0.25) is 14.9 Å². The Morgan fingerprint density at radius 3 is 2.25 bits per heavy atom. The largest absolute Gasteiger partial charge is 0.489 e. The monoisotopic (exact) mass is 466 g/mol. The number of hydrogen-bond acceptors (Lipinski definition) is 4. The lowest BCUT2D eigenvalue weighted by Crippen LogP contribution is -2.54. The van der Waals surface area contributed by atoms with E-state index in [0.29, 0.717) is 28.0 Å². The van der Waals surface area contributed by atoms with Gasteiger partial charge in [0.25, 0.3) is 11.8 Å². The van der Waals surface area contributed by atoms with Crippen molar-refractivity contribution >= 4 is 52.8 Å². The molecule has 0 aromatic heterocycles. The van der Waals surface area contributed by atoms with Gasteiger partial charge in [-0.25, -0.2) is 9.69 Å². The molecule has 4 rings (SSSR count). The summed E-state index contributed by atoms with van der Waals surface area (Å²) < 4.78 is 5.74. The third kappa shape index (κ3) is 4.82. The van der Waals surface area contributed by atoms with Crippen LogP contribution in [0.25, 0.3) is 6.08 Å². The Kier molecular flexibility index (Phi) is 6.25. The number of halogens is 2. The summed E-state index contributed by atoms with van der Waals surface area (Å²) in [6.45, 7) is 0.346. The maximum atomic E-state index is 12.9. The summed E-state index contributed by atoms with van der Waals surface area (Å²) in [5, 5.41) is 3.18. The Morgan fingerprint density at radius 1 is 0.875 bits per heavy atom. The third-order valence-electron chi connectivity index (χ3n) is 4.65. The molecular formula is C24H16Cl2N2O4. The molecule has 0 aliphatic carbocycles. The lowest BCUT2D eigenvalue weighted by molar-refractivity contribution is -0.122. The summed E-state index contributed by atoms with van der Waals surface area (Å²) >= 11 is 11.9. The molecule has 160 valence electrons. The Bertz CT molecular complexity index is 1240. The van der Waals surface area contributed by atoms with E-state index in [1.165, 1.54) is 12.1 Å². The predicted molar refractivity (Wildman–Crippen MR) is 123 cm³/mol. The molecule has 32 heavy (non-hydrogen) atoms. The second kappa shape index (κ2) is 9.26. The highest BCUT2D eigenvalue weighted by molar-refractivity contribution is 6.39. The number of carbonyl (C=O) groups is 3.